The van der Waals surface area contributed by atoms with Crippen molar-refractivity contribution in [1.82, 2.24) is 10.2 Å². The van der Waals surface area contributed by atoms with Crippen LogP contribution in [0.3, 0.4) is 0 Å². The first-order valence-electron chi connectivity index (χ1n) is 5.65. The number of benzene rings is 1. The van der Waals surface area contributed by atoms with Crippen molar-refractivity contribution >= 4 is 17.7 Å². The number of hydrogen-bond acceptors (Lipinski definition) is 3. The van der Waals surface area contributed by atoms with Crippen molar-refractivity contribution in [3.63, 3.8) is 0 Å². The van der Waals surface area contributed by atoms with Gasteiger partial charge in [0, 0.05) is 30.6 Å². The first-order valence-corrected chi connectivity index (χ1v) is 6.87. The van der Waals surface area contributed by atoms with Gasteiger partial charge in [-0.3, -0.25) is 4.79 Å². The van der Waals surface area contributed by atoms with Gasteiger partial charge in [-0.25, -0.2) is 0 Å². The van der Waals surface area contributed by atoms with E-state index >= 15 is 0 Å². The third kappa shape index (κ3) is 3.75. The number of nitrogens with one attached hydrogen (secondary N) is 1. The van der Waals surface area contributed by atoms with E-state index < -0.39 is 0 Å². The molecule has 1 aromatic carbocycles. The molecule has 3 nitrogen and oxygen atoms in total. The predicted molar refractivity (Wildman–Crippen MR) is 73.8 cm³/mol. The number of hydrogen-bond donors (Lipinski definition) is 1. The minimum absolute atomic E-state index is 0.0913. The van der Waals surface area contributed by atoms with Crippen LogP contribution in [0.15, 0.2) is 23.1 Å². The topological polar surface area (TPSA) is 32.3 Å². The lowest BCUT2D eigenvalue weighted by Gasteiger charge is -2.18. The summed E-state index contributed by atoms with van der Waals surface area (Å²) in [6.07, 6.45) is 2.02. The molecule has 0 heterocycles. The Balaban J connectivity index is 2.87. The van der Waals surface area contributed by atoms with Crippen LogP contribution in [-0.2, 0) is 0 Å². The van der Waals surface area contributed by atoms with Gasteiger partial charge in [-0.1, -0.05) is 6.07 Å². The van der Waals surface area contributed by atoms with E-state index in [4.69, 9.17) is 0 Å². The monoisotopic (exact) mass is 252 g/mol. The lowest BCUT2D eigenvalue weighted by Crippen LogP contribution is -2.33. The molecule has 0 aliphatic carbocycles. The molecule has 4 heteroatoms. The summed E-state index contributed by atoms with van der Waals surface area (Å²) in [7, 11) is 3.72. The number of carbonyl (C=O) groups excluding carboxylic acids is 1. The zero-order valence-electron chi connectivity index (χ0n) is 10.9. The average molecular weight is 252 g/mol. The van der Waals surface area contributed by atoms with Gasteiger partial charge in [0.1, 0.15) is 0 Å². The molecule has 1 N–H and O–H groups in total. The lowest BCUT2D eigenvalue weighted by atomic mass is 10.1. The van der Waals surface area contributed by atoms with Crippen LogP contribution in [0.4, 0.5) is 0 Å². The summed E-state index contributed by atoms with van der Waals surface area (Å²) in [5, 5.41) is 3.04. The van der Waals surface area contributed by atoms with Crippen molar-refractivity contribution in [2.75, 3.05) is 33.4 Å². The number of amides is 1. The molecule has 1 aromatic rings. The SMILES string of the molecule is CNCCN(C)C(=O)c1cc(SC)ccc1C. The molecule has 0 unspecified atom stereocenters. The van der Waals surface area contributed by atoms with Crippen LogP contribution in [0.25, 0.3) is 0 Å². The minimum Gasteiger partial charge on any atom is -0.340 e. The first kappa shape index (κ1) is 14.1. The Hall–Kier alpha value is -1.00. The zero-order valence-corrected chi connectivity index (χ0v) is 11.7. The Labute approximate surface area is 108 Å². The maximum absolute atomic E-state index is 12.2. The molecule has 0 aliphatic heterocycles. The minimum atomic E-state index is 0.0913. The van der Waals surface area contributed by atoms with E-state index in [0.717, 1.165) is 29.1 Å². The smallest absolute Gasteiger partial charge is 0.253 e. The Bertz CT molecular complexity index is 393. The van der Waals surface area contributed by atoms with Crippen molar-refractivity contribution in [3.05, 3.63) is 29.3 Å². The molecule has 0 saturated heterocycles. The van der Waals surface area contributed by atoms with Crippen molar-refractivity contribution in [3.8, 4) is 0 Å². The molecule has 0 aliphatic rings. The van der Waals surface area contributed by atoms with E-state index in [9.17, 15) is 4.79 Å². The quantitative estimate of drug-likeness (QED) is 0.814. The van der Waals surface area contributed by atoms with E-state index in [1.807, 2.05) is 45.5 Å². The van der Waals surface area contributed by atoms with Crippen LogP contribution in [0.1, 0.15) is 15.9 Å². The van der Waals surface area contributed by atoms with Gasteiger partial charge in [0.15, 0.2) is 0 Å². The lowest BCUT2D eigenvalue weighted by molar-refractivity contribution is 0.0796. The van der Waals surface area contributed by atoms with E-state index in [-0.39, 0.29) is 5.91 Å². The van der Waals surface area contributed by atoms with Gasteiger partial charge in [0.25, 0.3) is 5.91 Å². The third-order valence-corrected chi connectivity index (χ3v) is 3.44. The van der Waals surface area contributed by atoms with Crippen molar-refractivity contribution in [1.29, 1.82) is 0 Å². The van der Waals surface area contributed by atoms with Crippen molar-refractivity contribution < 1.29 is 4.79 Å². The fraction of sp³-hybridized carbons (Fsp3) is 0.462. The number of nitrogens with zero attached hydrogens (tertiary/aromatic N) is 1. The molecule has 0 radical (unpaired) electrons. The maximum atomic E-state index is 12.2. The Morgan fingerprint density at radius 3 is 2.76 bits per heavy atom. The standard InChI is InChI=1S/C13H20N2OS/c1-10-5-6-11(17-4)9-12(10)13(16)15(3)8-7-14-2/h5-6,9,14H,7-8H2,1-4H3. The van der Waals surface area contributed by atoms with Crippen LogP contribution in [0.2, 0.25) is 0 Å². The molecule has 1 amide bonds. The number of thioether (sulfide) groups is 1. The highest BCUT2D eigenvalue weighted by atomic mass is 32.2. The molecule has 0 atom stereocenters. The number of rotatable bonds is 5. The Morgan fingerprint density at radius 2 is 2.18 bits per heavy atom. The first-order chi connectivity index (χ1) is 8.10. The number of aryl methyl sites for hydroxylation is 1. The molecular weight excluding hydrogens is 232 g/mol. The summed E-state index contributed by atoms with van der Waals surface area (Å²) in [6, 6.07) is 6.02. The summed E-state index contributed by atoms with van der Waals surface area (Å²) < 4.78 is 0. The normalized spacial score (nSPS) is 10.4. The van der Waals surface area contributed by atoms with Gasteiger partial charge in [-0.2, -0.15) is 0 Å². The highest BCUT2D eigenvalue weighted by molar-refractivity contribution is 7.98. The average Bonchev–Trinajstić information content (AvgIpc) is 2.35. The fourth-order valence-electron chi connectivity index (χ4n) is 1.55. The Kier molecular flexibility index (Phi) is 5.51. The second-order valence-electron chi connectivity index (χ2n) is 4.01. The van der Waals surface area contributed by atoms with Crippen LogP contribution >= 0.6 is 11.8 Å². The molecule has 0 saturated carbocycles. The van der Waals surface area contributed by atoms with Crippen LogP contribution in [0, 0.1) is 6.92 Å². The van der Waals surface area contributed by atoms with Gasteiger partial charge in [-0.15, -0.1) is 11.8 Å². The summed E-state index contributed by atoms with van der Waals surface area (Å²) in [4.78, 5) is 15.1. The molecule has 0 spiro atoms. The van der Waals surface area contributed by atoms with E-state index in [1.165, 1.54) is 0 Å². The molecule has 17 heavy (non-hydrogen) atoms. The van der Waals surface area contributed by atoms with E-state index in [2.05, 4.69) is 5.32 Å². The van der Waals surface area contributed by atoms with Gasteiger partial charge in [0.2, 0.25) is 0 Å². The summed E-state index contributed by atoms with van der Waals surface area (Å²) in [5.41, 5.74) is 1.83. The molecular formula is C13H20N2OS. The van der Waals surface area contributed by atoms with Crippen molar-refractivity contribution in [2.45, 2.75) is 11.8 Å². The largest absolute Gasteiger partial charge is 0.340 e. The van der Waals surface area contributed by atoms with Gasteiger partial charge < -0.3 is 10.2 Å². The number of carbonyl (C=O) groups is 1. The fourth-order valence-corrected chi connectivity index (χ4v) is 1.98. The zero-order chi connectivity index (χ0) is 12.8. The highest BCUT2D eigenvalue weighted by Crippen LogP contribution is 2.20. The highest BCUT2D eigenvalue weighted by Gasteiger charge is 2.14. The second kappa shape index (κ2) is 6.67. The van der Waals surface area contributed by atoms with Crippen LogP contribution in [-0.4, -0.2) is 44.2 Å². The summed E-state index contributed by atoms with van der Waals surface area (Å²) in [5.74, 6) is 0.0913. The maximum Gasteiger partial charge on any atom is 0.253 e. The van der Waals surface area contributed by atoms with E-state index in [1.54, 1.807) is 16.7 Å². The molecule has 0 fully saturated rings. The second-order valence-corrected chi connectivity index (χ2v) is 4.89. The molecule has 0 bridgehead atoms. The molecule has 94 valence electrons. The summed E-state index contributed by atoms with van der Waals surface area (Å²) >= 11 is 1.66. The predicted octanol–water partition coefficient (Wildman–Crippen LogP) is 2.01. The molecule has 1 rings (SSSR count). The third-order valence-electron chi connectivity index (χ3n) is 2.72. The van der Waals surface area contributed by atoms with Crippen LogP contribution in [0.5, 0.6) is 0 Å². The van der Waals surface area contributed by atoms with E-state index in [0.29, 0.717) is 0 Å². The van der Waals surface area contributed by atoms with Gasteiger partial charge >= 0.3 is 0 Å². The Morgan fingerprint density at radius 1 is 1.47 bits per heavy atom. The number of likely N-dealkylation sites (N-methyl/N-ethyl adjacent to an activating group) is 2. The molecule has 0 aromatic heterocycles. The van der Waals surface area contributed by atoms with Crippen molar-refractivity contribution in [2.24, 2.45) is 0 Å². The summed E-state index contributed by atoms with van der Waals surface area (Å²) in [6.45, 7) is 3.50. The van der Waals surface area contributed by atoms with Crippen LogP contribution < -0.4 is 5.32 Å². The van der Waals surface area contributed by atoms with Gasteiger partial charge in [-0.05, 0) is 37.9 Å². The van der Waals surface area contributed by atoms with Gasteiger partial charge in [0.05, 0.1) is 0 Å².